The smallest absolute Gasteiger partial charge is 0.417 e. The van der Waals surface area contributed by atoms with Gasteiger partial charge in [0.1, 0.15) is 23.7 Å². The Kier molecular flexibility index (Phi) is 5.85. The molecular weight excluding hydrogens is 467 g/mol. The number of amides is 2. The molecule has 0 aromatic carbocycles. The highest BCUT2D eigenvalue weighted by atomic mass is 19.4. The Bertz CT molecular complexity index is 1110. The van der Waals surface area contributed by atoms with E-state index in [1.165, 1.54) is 12.1 Å². The van der Waals surface area contributed by atoms with Crippen LogP contribution < -0.4 is 26.0 Å². The average Bonchev–Trinajstić information content (AvgIpc) is 3.33. The lowest BCUT2D eigenvalue weighted by atomic mass is 10.00. The normalized spacial score (nSPS) is 25.9. The van der Waals surface area contributed by atoms with E-state index in [4.69, 9.17) is 10.5 Å². The highest BCUT2D eigenvalue weighted by Crippen LogP contribution is 2.39. The number of rotatable bonds is 6. The topological polar surface area (TPSA) is 135 Å². The number of nitrogens with one attached hydrogen (secondary N) is 2. The average molecular weight is 491 g/mol. The van der Waals surface area contributed by atoms with Crippen LogP contribution in [0.25, 0.3) is 0 Å². The third kappa shape index (κ3) is 4.80. The molecule has 0 spiro atoms. The molecule has 4 N–H and O–H groups in total. The van der Waals surface area contributed by atoms with Gasteiger partial charge in [-0.05, 0) is 25.3 Å². The van der Waals surface area contributed by atoms with Crippen molar-refractivity contribution in [1.82, 2.24) is 20.3 Å². The van der Waals surface area contributed by atoms with Crippen molar-refractivity contribution in [3.63, 3.8) is 0 Å². The molecule has 2 amide bonds. The number of aromatic nitrogens is 3. The molecule has 2 aromatic rings. The van der Waals surface area contributed by atoms with Crippen LogP contribution in [-0.2, 0) is 11.0 Å². The Morgan fingerprint density at radius 3 is 2.49 bits per heavy atom. The quantitative estimate of drug-likeness (QED) is 0.557. The Labute approximate surface area is 198 Å². The van der Waals surface area contributed by atoms with Gasteiger partial charge in [0.2, 0.25) is 17.7 Å². The number of pyridine rings is 1. The van der Waals surface area contributed by atoms with Crippen molar-refractivity contribution in [1.29, 1.82) is 0 Å². The second kappa shape index (κ2) is 8.86. The van der Waals surface area contributed by atoms with Crippen LogP contribution in [-0.4, -0.2) is 57.5 Å². The molecule has 10 nitrogen and oxygen atoms in total. The second-order valence-corrected chi connectivity index (χ2v) is 8.97. The molecule has 3 aliphatic heterocycles. The number of anilines is 2. The molecule has 0 aliphatic carbocycles. The number of hydrogen-bond donors (Lipinski definition) is 3. The predicted octanol–water partition coefficient (Wildman–Crippen LogP) is 1.87. The summed E-state index contributed by atoms with van der Waals surface area (Å²) in [6.07, 6.45) is -0.436. The minimum absolute atomic E-state index is 0.0129. The van der Waals surface area contributed by atoms with Crippen LogP contribution in [0.5, 0.6) is 5.88 Å². The number of nitrogens with zero attached hydrogens (tertiary/aromatic N) is 4. The van der Waals surface area contributed by atoms with Crippen molar-refractivity contribution in [3.8, 4) is 5.88 Å². The summed E-state index contributed by atoms with van der Waals surface area (Å²) in [5, 5.41) is 5.80. The molecule has 2 bridgehead atoms. The number of alkyl halides is 3. The number of nitrogens with two attached hydrogens (primary N) is 1. The van der Waals surface area contributed by atoms with Crippen LogP contribution in [0.2, 0.25) is 0 Å². The second-order valence-electron chi connectivity index (χ2n) is 8.97. The molecule has 3 atom stereocenters. The maximum absolute atomic E-state index is 12.8. The number of halogens is 3. The van der Waals surface area contributed by atoms with Gasteiger partial charge in [-0.15, -0.1) is 0 Å². The zero-order valence-corrected chi connectivity index (χ0v) is 18.6. The fourth-order valence-electron chi connectivity index (χ4n) is 5.00. The summed E-state index contributed by atoms with van der Waals surface area (Å²) in [6, 6.07) is 3.19. The van der Waals surface area contributed by atoms with Crippen LogP contribution in [0, 0.1) is 0 Å². The van der Waals surface area contributed by atoms with Crippen LogP contribution in [0.15, 0.2) is 24.4 Å². The number of ether oxygens (including phenoxy) is 1. The van der Waals surface area contributed by atoms with Gasteiger partial charge in [-0.25, -0.2) is 9.97 Å². The molecule has 3 fully saturated rings. The van der Waals surface area contributed by atoms with E-state index in [0.29, 0.717) is 37.6 Å². The van der Waals surface area contributed by atoms with Gasteiger partial charge in [0.15, 0.2) is 0 Å². The number of piperidine rings is 1. The highest BCUT2D eigenvalue weighted by Gasteiger charge is 2.43. The van der Waals surface area contributed by atoms with Crippen molar-refractivity contribution < 1.29 is 27.5 Å². The third-order valence-corrected chi connectivity index (χ3v) is 6.61. The van der Waals surface area contributed by atoms with Gasteiger partial charge in [-0.1, -0.05) is 0 Å². The van der Waals surface area contributed by atoms with E-state index in [-0.39, 0.29) is 35.7 Å². The SMILES string of the molecule is NC(=O)c1cc(N[C@H]2CCNC2=O)nc(N2C3CCC2CC(Oc2ccc(C(F)(F)F)cn2)C3)n1. The first kappa shape index (κ1) is 23.1. The molecule has 186 valence electrons. The first-order chi connectivity index (χ1) is 16.7. The molecule has 2 unspecified atom stereocenters. The van der Waals surface area contributed by atoms with Gasteiger partial charge < -0.3 is 26.0 Å². The molecular formula is C22H24F3N7O3. The lowest BCUT2D eigenvalue weighted by Crippen LogP contribution is -2.47. The maximum Gasteiger partial charge on any atom is 0.417 e. The summed E-state index contributed by atoms with van der Waals surface area (Å²) < 4.78 is 44.2. The number of carbonyl (C=O) groups is 2. The lowest BCUT2D eigenvalue weighted by molar-refractivity contribution is -0.137. The first-order valence-electron chi connectivity index (χ1n) is 11.4. The molecule has 0 saturated carbocycles. The van der Waals surface area contributed by atoms with Crippen molar-refractivity contribution >= 4 is 23.6 Å². The summed E-state index contributed by atoms with van der Waals surface area (Å²) in [7, 11) is 0. The van der Waals surface area contributed by atoms with Crippen LogP contribution in [0.3, 0.4) is 0 Å². The van der Waals surface area contributed by atoms with E-state index in [2.05, 4.69) is 25.6 Å². The lowest BCUT2D eigenvalue weighted by Gasteiger charge is -2.38. The molecule has 5 heterocycles. The van der Waals surface area contributed by atoms with Crippen molar-refractivity contribution in [3.05, 3.63) is 35.7 Å². The molecule has 5 rings (SSSR count). The van der Waals surface area contributed by atoms with E-state index in [1.54, 1.807) is 0 Å². The van der Waals surface area contributed by atoms with E-state index < -0.39 is 23.7 Å². The highest BCUT2D eigenvalue weighted by molar-refractivity contribution is 5.92. The van der Waals surface area contributed by atoms with Crippen molar-refractivity contribution in [2.45, 2.75) is 62.5 Å². The summed E-state index contributed by atoms with van der Waals surface area (Å²) in [6.45, 7) is 0.558. The summed E-state index contributed by atoms with van der Waals surface area (Å²) in [5.74, 6) is -0.00486. The van der Waals surface area contributed by atoms with Gasteiger partial charge in [0.05, 0.1) is 5.56 Å². The molecule has 13 heteroatoms. The molecule has 2 aromatic heterocycles. The number of fused-ring (bicyclic) bond motifs is 2. The Morgan fingerprint density at radius 2 is 1.91 bits per heavy atom. The third-order valence-electron chi connectivity index (χ3n) is 6.61. The van der Waals surface area contributed by atoms with Crippen molar-refractivity contribution in [2.24, 2.45) is 5.73 Å². The Balaban J connectivity index is 1.32. The monoisotopic (exact) mass is 491 g/mol. The zero-order chi connectivity index (χ0) is 24.7. The number of primary amides is 1. The van der Waals surface area contributed by atoms with Gasteiger partial charge >= 0.3 is 6.18 Å². The fraction of sp³-hybridized carbons (Fsp3) is 0.500. The summed E-state index contributed by atoms with van der Waals surface area (Å²) >= 11 is 0. The number of hydrogen-bond acceptors (Lipinski definition) is 8. The van der Waals surface area contributed by atoms with Gasteiger partial charge in [-0.2, -0.15) is 18.2 Å². The van der Waals surface area contributed by atoms with Gasteiger partial charge in [0.25, 0.3) is 5.91 Å². The largest absolute Gasteiger partial charge is 0.474 e. The summed E-state index contributed by atoms with van der Waals surface area (Å²) in [4.78, 5) is 38.7. The van der Waals surface area contributed by atoms with Crippen LogP contribution in [0.4, 0.5) is 24.9 Å². The predicted molar refractivity (Wildman–Crippen MR) is 118 cm³/mol. The standard InChI is InChI=1S/C22H24F3N7O3/c23-22(24,25)11-1-4-18(28-10-11)35-14-7-12-2-3-13(8-14)32(12)21-30-16(19(26)33)9-17(31-21)29-15-5-6-27-20(15)34/h1,4,9-10,12-15H,2-3,5-8H2,(H2,26,33)(H,27,34)(H,29,30,31)/t12?,13?,14?,15-/m0/s1. The number of carbonyl (C=O) groups excluding carboxylic acids is 2. The molecule has 35 heavy (non-hydrogen) atoms. The van der Waals surface area contributed by atoms with E-state index in [0.717, 1.165) is 25.1 Å². The van der Waals surface area contributed by atoms with Crippen LogP contribution in [0.1, 0.15) is 48.2 Å². The zero-order valence-electron chi connectivity index (χ0n) is 18.6. The van der Waals surface area contributed by atoms with Gasteiger partial charge in [0, 0.05) is 49.8 Å². The first-order valence-corrected chi connectivity index (χ1v) is 11.4. The van der Waals surface area contributed by atoms with E-state index >= 15 is 0 Å². The minimum atomic E-state index is -4.45. The van der Waals surface area contributed by atoms with Crippen LogP contribution >= 0.6 is 0 Å². The summed E-state index contributed by atoms with van der Waals surface area (Å²) in [5.41, 5.74) is 4.71. The molecule has 0 radical (unpaired) electrons. The van der Waals surface area contributed by atoms with Gasteiger partial charge in [-0.3, -0.25) is 9.59 Å². The molecule has 3 saturated heterocycles. The fourth-order valence-corrected chi connectivity index (χ4v) is 5.00. The van der Waals surface area contributed by atoms with Crippen molar-refractivity contribution in [2.75, 3.05) is 16.8 Å². The van der Waals surface area contributed by atoms with E-state index in [9.17, 15) is 22.8 Å². The minimum Gasteiger partial charge on any atom is -0.474 e. The van der Waals surface area contributed by atoms with E-state index in [1.807, 2.05) is 4.90 Å². The Hall–Kier alpha value is -3.64. The maximum atomic E-state index is 12.8. The Morgan fingerprint density at radius 1 is 1.17 bits per heavy atom. The molecule has 3 aliphatic rings.